The van der Waals surface area contributed by atoms with Gasteiger partial charge in [-0.15, -0.1) is 11.8 Å². The monoisotopic (exact) mass is 712 g/mol. The van der Waals surface area contributed by atoms with Gasteiger partial charge in [0.1, 0.15) is 17.2 Å². The Morgan fingerprint density at radius 2 is 1.50 bits per heavy atom. The molecule has 264 valence electrons. The molecule has 3 amide bonds. The van der Waals surface area contributed by atoms with E-state index in [2.05, 4.69) is 45.6 Å². The second kappa shape index (κ2) is 16.3. The Morgan fingerprint density at radius 1 is 0.750 bits per heavy atom. The van der Waals surface area contributed by atoms with E-state index in [-0.39, 0.29) is 16.9 Å². The first kappa shape index (κ1) is 35.8. The molecule has 1 unspecified atom stereocenters. The number of carbonyl (C=O) groups excluding carboxylic acids is 3. The van der Waals surface area contributed by atoms with Gasteiger partial charge in [0, 0.05) is 55.7 Å². The summed E-state index contributed by atoms with van der Waals surface area (Å²) in [4.78, 5) is 41.4. The highest BCUT2D eigenvalue weighted by atomic mass is 32.2. The Balaban J connectivity index is 1.20. The number of fused-ring (bicyclic) bond motifs is 3. The number of benzene rings is 5. The molecule has 1 aromatic heterocycles. The molecule has 6 aromatic rings. The maximum atomic E-state index is 13.8. The smallest absolute Gasteiger partial charge is 0.272 e. The molecule has 0 saturated heterocycles. The van der Waals surface area contributed by atoms with Crippen LogP contribution in [0.2, 0.25) is 0 Å². The number of ether oxygens (including phenoxy) is 2. The first-order valence-electron chi connectivity index (χ1n) is 17.0. The van der Waals surface area contributed by atoms with Crippen molar-refractivity contribution in [3.05, 3.63) is 132 Å². The maximum absolute atomic E-state index is 13.8. The third kappa shape index (κ3) is 7.98. The van der Waals surface area contributed by atoms with Crippen molar-refractivity contribution in [1.29, 1.82) is 0 Å². The highest BCUT2D eigenvalue weighted by Crippen LogP contribution is 2.33. The van der Waals surface area contributed by atoms with Crippen molar-refractivity contribution in [1.82, 2.24) is 9.88 Å². The third-order valence-electron chi connectivity index (χ3n) is 8.66. The van der Waals surface area contributed by atoms with Crippen LogP contribution in [0.3, 0.4) is 0 Å². The van der Waals surface area contributed by atoms with Crippen LogP contribution in [0.15, 0.2) is 126 Å². The number of nitrogens with one attached hydrogen (secondary N) is 3. The number of hydrogen-bond donors (Lipinski definition) is 3. The topological polar surface area (TPSA) is 111 Å². The zero-order valence-electron chi connectivity index (χ0n) is 29.4. The van der Waals surface area contributed by atoms with Crippen molar-refractivity contribution >= 4 is 68.7 Å². The first-order chi connectivity index (χ1) is 25.3. The largest absolute Gasteiger partial charge is 0.497 e. The summed E-state index contributed by atoms with van der Waals surface area (Å²) in [5, 5.41) is 10.7. The summed E-state index contributed by atoms with van der Waals surface area (Å²) in [6, 6.07) is 35.5. The fourth-order valence-electron chi connectivity index (χ4n) is 6.08. The maximum Gasteiger partial charge on any atom is 0.272 e. The SMILES string of the molecule is CCC(Sc1cccc(NC(=O)/C(=C\c2cc(OC)ccc2OC)NC(=O)c2ccccc2)c1)C(=O)Nc1ccc2c(c1)c1ccccc1n2CC. The molecule has 6 rings (SSSR count). The molecule has 1 heterocycles. The normalized spacial score (nSPS) is 12.0. The van der Waals surface area contributed by atoms with Gasteiger partial charge < -0.3 is 30.0 Å². The van der Waals surface area contributed by atoms with Crippen LogP contribution in [0, 0.1) is 0 Å². The number of anilines is 2. The van der Waals surface area contributed by atoms with Crippen LogP contribution in [0.1, 0.15) is 36.2 Å². The summed E-state index contributed by atoms with van der Waals surface area (Å²) in [6.07, 6.45) is 2.14. The summed E-state index contributed by atoms with van der Waals surface area (Å²) < 4.78 is 13.2. The van der Waals surface area contributed by atoms with Crippen LogP contribution in [0.25, 0.3) is 27.9 Å². The predicted molar refractivity (Wildman–Crippen MR) is 210 cm³/mol. The zero-order valence-corrected chi connectivity index (χ0v) is 30.3. The average Bonchev–Trinajstić information content (AvgIpc) is 3.49. The van der Waals surface area contributed by atoms with Crippen molar-refractivity contribution in [2.75, 3.05) is 24.9 Å². The summed E-state index contributed by atoms with van der Waals surface area (Å²) in [7, 11) is 3.07. The fraction of sp³-hybridized carbons (Fsp3) is 0.167. The molecule has 5 aromatic carbocycles. The number of aryl methyl sites for hydroxylation is 1. The minimum absolute atomic E-state index is 0.00306. The van der Waals surface area contributed by atoms with Crippen LogP contribution in [0.4, 0.5) is 11.4 Å². The number of hydrogen-bond acceptors (Lipinski definition) is 6. The first-order valence-corrected chi connectivity index (χ1v) is 17.9. The summed E-state index contributed by atoms with van der Waals surface area (Å²) in [6.45, 7) is 4.95. The Morgan fingerprint density at radius 3 is 2.25 bits per heavy atom. The molecule has 52 heavy (non-hydrogen) atoms. The average molecular weight is 713 g/mol. The summed E-state index contributed by atoms with van der Waals surface area (Å²) >= 11 is 1.42. The van der Waals surface area contributed by atoms with Gasteiger partial charge >= 0.3 is 0 Å². The number of rotatable bonds is 13. The standard InChI is InChI=1S/C42H40N4O5S/c1-5-39(42(49)44-30-19-21-37-34(26-30)33-17-10-11-18-36(33)46(37)6-2)52-32-16-12-15-29(25-32)43-41(48)35(45-40(47)27-13-8-7-9-14-27)24-28-23-31(50-3)20-22-38(28)51-4/h7-26,39H,5-6H2,1-4H3,(H,43,48)(H,44,49)(H,45,47)/b35-24+. The number of methoxy groups -OCH3 is 2. The molecule has 10 heteroatoms. The lowest BCUT2D eigenvalue weighted by atomic mass is 10.1. The minimum Gasteiger partial charge on any atom is -0.497 e. The second-order valence-corrected chi connectivity index (χ2v) is 13.2. The number of aromatic nitrogens is 1. The van der Waals surface area contributed by atoms with Gasteiger partial charge in [0.2, 0.25) is 5.91 Å². The van der Waals surface area contributed by atoms with Crippen molar-refractivity contribution in [3.63, 3.8) is 0 Å². The number of para-hydroxylation sites is 1. The van der Waals surface area contributed by atoms with Crippen molar-refractivity contribution in [2.45, 2.75) is 37.0 Å². The summed E-state index contributed by atoms with van der Waals surface area (Å²) in [5.41, 5.74) is 4.47. The fourth-order valence-corrected chi connectivity index (χ4v) is 7.09. The molecule has 0 bridgehead atoms. The van der Waals surface area contributed by atoms with E-state index in [1.165, 1.54) is 24.4 Å². The quantitative estimate of drug-likeness (QED) is 0.0816. The molecule has 0 aliphatic heterocycles. The number of amides is 3. The van der Waals surface area contributed by atoms with E-state index in [0.29, 0.717) is 34.7 Å². The summed E-state index contributed by atoms with van der Waals surface area (Å²) in [5.74, 6) is -0.0391. The van der Waals surface area contributed by atoms with E-state index in [4.69, 9.17) is 9.47 Å². The molecule has 3 N–H and O–H groups in total. The number of thioether (sulfide) groups is 1. The van der Waals surface area contributed by atoms with E-state index in [0.717, 1.165) is 33.4 Å². The molecule has 0 fully saturated rings. The van der Waals surface area contributed by atoms with Gasteiger partial charge in [0.15, 0.2) is 0 Å². The predicted octanol–water partition coefficient (Wildman–Crippen LogP) is 8.75. The van der Waals surface area contributed by atoms with Gasteiger partial charge in [-0.2, -0.15) is 0 Å². The molecule has 0 saturated carbocycles. The van der Waals surface area contributed by atoms with Gasteiger partial charge in [-0.25, -0.2) is 0 Å². The van der Waals surface area contributed by atoms with Gasteiger partial charge in [-0.05, 0) is 92.2 Å². The highest BCUT2D eigenvalue weighted by molar-refractivity contribution is 8.00. The lowest BCUT2D eigenvalue weighted by Gasteiger charge is -2.16. The third-order valence-corrected chi connectivity index (χ3v) is 10.0. The Kier molecular flexibility index (Phi) is 11.3. The molecule has 0 aliphatic carbocycles. The van der Waals surface area contributed by atoms with E-state index >= 15 is 0 Å². The number of nitrogens with zero attached hydrogens (tertiary/aromatic N) is 1. The Bertz CT molecular complexity index is 2280. The molecule has 1 atom stereocenters. The molecular weight excluding hydrogens is 673 g/mol. The van der Waals surface area contributed by atoms with E-state index in [9.17, 15) is 14.4 Å². The van der Waals surface area contributed by atoms with E-state index < -0.39 is 11.8 Å². The molecule has 9 nitrogen and oxygen atoms in total. The van der Waals surface area contributed by atoms with Gasteiger partial charge in [0.05, 0.1) is 19.5 Å². The molecule has 0 spiro atoms. The molecular formula is C42H40N4O5S. The molecule has 0 aliphatic rings. The zero-order chi connectivity index (χ0) is 36.6. The van der Waals surface area contributed by atoms with Crippen LogP contribution >= 0.6 is 11.8 Å². The van der Waals surface area contributed by atoms with Crippen molar-refractivity contribution in [3.8, 4) is 11.5 Å². The van der Waals surface area contributed by atoms with Crippen LogP contribution < -0.4 is 25.4 Å². The lowest BCUT2D eigenvalue weighted by Crippen LogP contribution is -2.30. The highest BCUT2D eigenvalue weighted by Gasteiger charge is 2.21. The van der Waals surface area contributed by atoms with Crippen LogP contribution in [0.5, 0.6) is 11.5 Å². The van der Waals surface area contributed by atoms with Crippen LogP contribution in [-0.4, -0.2) is 41.8 Å². The molecule has 0 radical (unpaired) electrons. The van der Waals surface area contributed by atoms with Gasteiger partial charge in [0.25, 0.3) is 11.8 Å². The lowest BCUT2D eigenvalue weighted by molar-refractivity contribution is -0.116. The Labute approximate surface area is 307 Å². The van der Waals surface area contributed by atoms with E-state index in [1.807, 2.05) is 55.5 Å². The van der Waals surface area contributed by atoms with Crippen molar-refractivity contribution < 1.29 is 23.9 Å². The minimum atomic E-state index is -0.541. The van der Waals surface area contributed by atoms with Gasteiger partial charge in [-0.1, -0.05) is 49.4 Å². The second-order valence-electron chi connectivity index (χ2n) is 12.0. The van der Waals surface area contributed by atoms with Gasteiger partial charge in [-0.3, -0.25) is 14.4 Å². The van der Waals surface area contributed by atoms with Crippen molar-refractivity contribution in [2.24, 2.45) is 0 Å². The number of carbonyl (C=O) groups is 3. The van der Waals surface area contributed by atoms with E-state index in [1.54, 1.807) is 61.7 Å². The Hall–Kier alpha value is -6.00. The van der Waals surface area contributed by atoms with Crippen LogP contribution in [-0.2, 0) is 16.1 Å².